The molecule has 5 heteroatoms. The molecule has 0 saturated carbocycles. The Hall–Kier alpha value is -1.23. The van der Waals surface area contributed by atoms with Crippen molar-refractivity contribution in [2.45, 2.75) is 51.6 Å². The largest absolute Gasteiger partial charge is 0.350 e. The van der Waals surface area contributed by atoms with E-state index in [2.05, 4.69) is 24.1 Å². The predicted octanol–water partition coefficient (Wildman–Crippen LogP) is 3.11. The van der Waals surface area contributed by atoms with Crippen molar-refractivity contribution in [1.82, 2.24) is 10.3 Å². The lowest BCUT2D eigenvalue weighted by Gasteiger charge is -2.40. The van der Waals surface area contributed by atoms with Gasteiger partial charge >= 0.3 is 0 Å². The smallest absolute Gasteiger partial charge is 0.168 e. The van der Waals surface area contributed by atoms with Crippen molar-refractivity contribution in [2.24, 2.45) is 0 Å². The average molecular weight is 283 g/mol. The van der Waals surface area contributed by atoms with Crippen LogP contribution in [0.1, 0.15) is 39.5 Å². The first-order chi connectivity index (χ1) is 9.63. The third kappa shape index (κ3) is 3.45. The molecule has 0 aromatic carbocycles. The summed E-state index contributed by atoms with van der Waals surface area (Å²) in [7, 11) is 0. The lowest BCUT2D eigenvalue weighted by molar-refractivity contribution is 0.362. The van der Waals surface area contributed by atoms with E-state index in [1.54, 1.807) is 0 Å². The van der Waals surface area contributed by atoms with E-state index >= 15 is 0 Å². The Morgan fingerprint density at radius 2 is 2.25 bits per heavy atom. The topological polar surface area (TPSA) is 28.2 Å². The van der Waals surface area contributed by atoms with Crippen molar-refractivity contribution in [1.29, 1.82) is 0 Å². The first-order valence-corrected chi connectivity index (χ1v) is 7.44. The number of anilines is 1. The minimum absolute atomic E-state index is 0.211. The van der Waals surface area contributed by atoms with Gasteiger partial charge in [-0.15, -0.1) is 0 Å². The molecular weight excluding hydrogens is 260 g/mol. The van der Waals surface area contributed by atoms with Crippen LogP contribution < -0.4 is 10.2 Å². The summed E-state index contributed by atoms with van der Waals surface area (Å²) < 4.78 is 27.0. The molecule has 20 heavy (non-hydrogen) atoms. The molecule has 1 aromatic heterocycles. The van der Waals surface area contributed by atoms with E-state index in [1.165, 1.54) is 0 Å². The highest BCUT2D eigenvalue weighted by Crippen LogP contribution is 2.27. The van der Waals surface area contributed by atoms with E-state index in [9.17, 15) is 8.78 Å². The van der Waals surface area contributed by atoms with E-state index in [0.29, 0.717) is 0 Å². The molecule has 0 spiro atoms. The fourth-order valence-electron chi connectivity index (χ4n) is 2.87. The van der Waals surface area contributed by atoms with Gasteiger partial charge in [0.15, 0.2) is 11.6 Å². The number of aromatic nitrogens is 1. The SMILES string of the molecule is CCCNC(C)C1CCCCN1c1ncc(F)cc1F. The Morgan fingerprint density at radius 3 is 2.95 bits per heavy atom. The minimum Gasteiger partial charge on any atom is -0.350 e. The van der Waals surface area contributed by atoms with E-state index in [0.717, 1.165) is 51.0 Å². The molecule has 2 heterocycles. The summed E-state index contributed by atoms with van der Waals surface area (Å²) in [6.07, 6.45) is 5.34. The molecule has 1 aliphatic rings. The van der Waals surface area contributed by atoms with Gasteiger partial charge in [0.25, 0.3) is 0 Å². The van der Waals surface area contributed by atoms with Gasteiger partial charge in [0.05, 0.1) is 6.20 Å². The van der Waals surface area contributed by atoms with Crippen LogP contribution in [0.4, 0.5) is 14.6 Å². The number of nitrogens with zero attached hydrogens (tertiary/aromatic N) is 2. The first-order valence-electron chi connectivity index (χ1n) is 7.44. The van der Waals surface area contributed by atoms with Gasteiger partial charge in [-0.25, -0.2) is 13.8 Å². The second-order valence-electron chi connectivity index (χ2n) is 5.46. The molecule has 3 nitrogen and oxygen atoms in total. The lowest BCUT2D eigenvalue weighted by atomic mass is 9.96. The summed E-state index contributed by atoms with van der Waals surface area (Å²) in [4.78, 5) is 5.95. The zero-order valence-electron chi connectivity index (χ0n) is 12.2. The maximum atomic E-state index is 14.0. The first kappa shape index (κ1) is 15.2. The number of hydrogen-bond donors (Lipinski definition) is 1. The molecule has 0 radical (unpaired) electrons. The molecule has 1 saturated heterocycles. The quantitative estimate of drug-likeness (QED) is 0.900. The second kappa shape index (κ2) is 6.97. The zero-order chi connectivity index (χ0) is 14.5. The Morgan fingerprint density at radius 1 is 1.45 bits per heavy atom. The predicted molar refractivity (Wildman–Crippen MR) is 76.9 cm³/mol. The van der Waals surface area contributed by atoms with Crippen molar-refractivity contribution in [2.75, 3.05) is 18.0 Å². The molecule has 2 atom stereocenters. The van der Waals surface area contributed by atoms with Crippen molar-refractivity contribution >= 4 is 5.82 Å². The highest BCUT2D eigenvalue weighted by atomic mass is 19.1. The Kier molecular flexibility index (Phi) is 5.29. The van der Waals surface area contributed by atoms with Crippen LogP contribution in [-0.2, 0) is 0 Å². The van der Waals surface area contributed by atoms with E-state index in [4.69, 9.17) is 0 Å². The van der Waals surface area contributed by atoms with Gasteiger partial charge in [-0.1, -0.05) is 6.92 Å². The molecule has 1 aromatic rings. The Balaban J connectivity index is 2.17. The summed E-state index contributed by atoms with van der Waals surface area (Å²) in [6.45, 7) is 5.98. The fourth-order valence-corrected chi connectivity index (χ4v) is 2.87. The van der Waals surface area contributed by atoms with E-state index in [-0.39, 0.29) is 17.9 Å². The van der Waals surface area contributed by atoms with Crippen molar-refractivity contribution < 1.29 is 8.78 Å². The lowest BCUT2D eigenvalue weighted by Crippen LogP contribution is -2.52. The average Bonchev–Trinajstić information content (AvgIpc) is 2.45. The molecule has 0 aliphatic carbocycles. The molecule has 2 rings (SSSR count). The monoisotopic (exact) mass is 283 g/mol. The van der Waals surface area contributed by atoms with E-state index in [1.807, 2.05) is 4.90 Å². The molecule has 112 valence electrons. The maximum absolute atomic E-state index is 14.0. The van der Waals surface area contributed by atoms with Crippen LogP contribution in [0.3, 0.4) is 0 Å². The van der Waals surface area contributed by atoms with E-state index < -0.39 is 11.6 Å². The van der Waals surface area contributed by atoms with Crippen LogP contribution in [0.5, 0.6) is 0 Å². The number of pyridine rings is 1. The number of hydrogen-bond acceptors (Lipinski definition) is 3. The van der Waals surface area contributed by atoms with Crippen LogP contribution in [0.25, 0.3) is 0 Å². The van der Waals surface area contributed by atoms with Crippen molar-refractivity contribution in [3.05, 3.63) is 23.9 Å². The number of piperidine rings is 1. The van der Waals surface area contributed by atoms with Crippen molar-refractivity contribution in [3.8, 4) is 0 Å². The molecule has 0 amide bonds. The summed E-state index contributed by atoms with van der Waals surface area (Å²) >= 11 is 0. The summed E-state index contributed by atoms with van der Waals surface area (Å²) in [5.74, 6) is -0.919. The highest BCUT2D eigenvalue weighted by molar-refractivity contribution is 5.42. The van der Waals surface area contributed by atoms with Crippen molar-refractivity contribution in [3.63, 3.8) is 0 Å². The Bertz CT molecular complexity index is 439. The van der Waals surface area contributed by atoms with Crippen LogP contribution in [0.2, 0.25) is 0 Å². The van der Waals surface area contributed by atoms with Crippen LogP contribution in [0, 0.1) is 11.6 Å². The summed E-state index contributed by atoms with van der Waals surface area (Å²) in [6, 6.07) is 1.39. The molecule has 2 unspecified atom stereocenters. The molecule has 1 fully saturated rings. The van der Waals surface area contributed by atoms with Gasteiger partial charge in [-0.3, -0.25) is 0 Å². The van der Waals surface area contributed by atoms with Crippen LogP contribution in [0.15, 0.2) is 12.3 Å². The zero-order valence-corrected chi connectivity index (χ0v) is 12.2. The molecule has 0 bridgehead atoms. The van der Waals surface area contributed by atoms with Gasteiger partial charge in [-0.2, -0.15) is 0 Å². The maximum Gasteiger partial charge on any atom is 0.168 e. The summed E-state index contributed by atoms with van der Waals surface area (Å²) in [5.41, 5.74) is 0. The second-order valence-corrected chi connectivity index (χ2v) is 5.46. The van der Waals surface area contributed by atoms with Gasteiger partial charge in [0.1, 0.15) is 5.82 Å². The van der Waals surface area contributed by atoms with Gasteiger partial charge in [0.2, 0.25) is 0 Å². The number of rotatable bonds is 5. The van der Waals surface area contributed by atoms with Gasteiger partial charge in [-0.05, 0) is 39.2 Å². The van der Waals surface area contributed by atoms with Gasteiger partial charge < -0.3 is 10.2 Å². The van der Waals surface area contributed by atoms with Gasteiger partial charge in [0, 0.05) is 24.7 Å². The fraction of sp³-hybridized carbons (Fsp3) is 0.667. The standard InChI is InChI=1S/C15H23F2N3/c1-3-7-18-11(2)14-6-4-5-8-20(14)15-13(17)9-12(16)10-19-15/h9-11,14,18H,3-8H2,1-2H3. The Labute approximate surface area is 119 Å². The third-order valence-corrected chi connectivity index (χ3v) is 3.90. The highest BCUT2D eigenvalue weighted by Gasteiger charge is 2.29. The molecular formula is C15H23F2N3. The summed E-state index contributed by atoms with van der Waals surface area (Å²) in [5, 5.41) is 3.47. The number of nitrogens with one attached hydrogen (secondary N) is 1. The third-order valence-electron chi connectivity index (χ3n) is 3.90. The van der Waals surface area contributed by atoms with Crippen LogP contribution in [-0.4, -0.2) is 30.2 Å². The normalized spacial score (nSPS) is 21.0. The number of halogens is 2. The molecule has 1 aliphatic heterocycles. The van der Waals surface area contributed by atoms with Crippen LogP contribution >= 0.6 is 0 Å². The molecule has 1 N–H and O–H groups in total. The minimum atomic E-state index is -0.628.